The highest BCUT2D eigenvalue weighted by Gasteiger charge is 2.29. The highest BCUT2D eigenvalue weighted by molar-refractivity contribution is 5.41. The maximum atomic E-state index is 6.14. The summed E-state index contributed by atoms with van der Waals surface area (Å²) in [6.45, 7) is 2.11. The largest absolute Gasteiger partial charge is 0.484 e. The first kappa shape index (κ1) is 12.2. The zero-order chi connectivity index (χ0) is 13.4. The third kappa shape index (κ3) is 2.12. The minimum absolute atomic E-state index is 0.0557. The molecule has 1 aliphatic heterocycles. The number of nitrogens with zero attached hydrogens (tertiary/aromatic N) is 2. The number of benzene rings is 1. The summed E-state index contributed by atoms with van der Waals surface area (Å²) in [6.07, 6.45) is 4.68. The Kier molecular flexibility index (Phi) is 3.03. The predicted molar refractivity (Wildman–Crippen MR) is 74.2 cm³/mol. The minimum Gasteiger partial charge on any atom is -0.484 e. The molecule has 2 aromatic rings. The van der Waals surface area contributed by atoms with Crippen molar-refractivity contribution in [2.75, 3.05) is 7.05 Å². The summed E-state index contributed by atoms with van der Waals surface area (Å²) >= 11 is 0. The van der Waals surface area contributed by atoms with E-state index in [2.05, 4.69) is 35.4 Å². The smallest absolute Gasteiger partial charge is 0.142 e. The lowest BCUT2D eigenvalue weighted by molar-refractivity contribution is 0.147. The molecule has 0 saturated heterocycles. The molecule has 3 rings (SSSR count). The van der Waals surface area contributed by atoms with E-state index in [1.807, 2.05) is 31.2 Å². The Labute approximate surface area is 113 Å². The monoisotopic (exact) mass is 257 g/mol. The normalized spacial score (nSPS) is 21.8. The summed E-state index contributed by atoms with van der Waals surface area (Å²) in [5, 5.41) is 3.39. The van der Waals surface area contributed by atoms with Gasteiger partial charge in [0.2, 0.25) is 0 Å². The van der Waals surface area contributed by atoms with Crippen LogP contribution >= 0.6 is 0 Å². The van der Waals surface area contributed by atoms with E-state index in [1.165, 1.54) is 11.1 Å². The molecule has 2 heterocycles. The number of imidazole rings is 1. The summed E-state index contributed by atoms with van der Waals surface area (Å²) in [6, 6.07) is 6.69. The van der Waals surface area contributed by atoms with Gasteiger partial charge in [-0.3, -0.25) is 0 Å². The van der Waals surface area contributed by atoms with Crippen LogP contribution in [0.25, 0.3) is 0 Å². The summed E-state index contributed by atoms with van der Waals surface area (Å²) in [5.41, 5.74) is 3.63. The van der Waals surface area contributed by atoms with Gasteiger partial charge in [0.1, 0.15) is 11.9 Å². The maximum Gasteiger partial charge on any atom is 0.142 e. The lowest BCUT2D eigenvalue weighted by Crippen LogP contribution is -2.27. The van der Waals surface area contributed by atoms with Crippen LogP contribution in [0.3, 0.4) is 0 Å². The fraction of sp³-hybridized carbons (Fsp3) is 0.400. The van der Waals surface area contributed by atoms with Crippen molar-refractivity contribution in [3.63, 3.8) is 0 Å². The van der Waals surface area contributed by atoms with Crippen molar-refractivity contribution in [3.05, 3.63) is 47.5 Å². The third-order valence-electron chi connectivity index (χ3n) is 3.79. The van der Waals surface area contributed by atoms with Gasteiger partial charge in [0.15, 0.2) is 0 Å². The van der Waals surface area contributed by atoms with Crippen molar-refractivity contribution >= 4 is 0 Å². The van der Waals surface area contributed by atoms with Crippen LogP contribution in [0.2, 0.25) is 0 Å². The number of rotatable bonds is 2. The average Bonchev–Trinajstić information content (AvgIpc) is 2.84. The van der Waals surface area contributed by atoms with Crippen molar-refractivity contribution in [1.82, 2.24) is 14.9 Å². The molecule has 19 heavy (non-hydrogen) atoms. The first-order chi connectivity index (χ1) is 9.19. The molecule has 0 fully saturated rings. The van der Waals surface area contributed by atoms with Crippen molar-refractivity contribution in [2.45, 2.75) is 25.5 Å². The highest BCUT2D eigenvalue weighted by atomic mass is 16.5. The fourth-order valence-corrected chi connectivity index (χ4v) is 2.72. The number of ether oxygens (including phenoxy) is 1. The number of hydrogen-bond donors (Lipinski definition) is 1. The van der Waals surface area contributed by atoms with Gasteiger partial charge in [-0.2, -0.15) is 0 Å². The number of nitrogens with one attached hydrogen (secondary N) is 1. The molecular formula is C15H19N3O. The molecule has 0 aliphatic carbocycles. The van der Waals surface area contributed by atoms with E-state index < -0.39 is 0 Å². The van der Waals surface area contributed by atoms with E-state index in [-0.39, 0.29) is 6.10 Å². The molecule has 1 aromatic heterocycles. The first-order valence-electron chi connectivity index (χ1n) is 6.59. The summed E-state index contributed by atoms with van der Waals surface area (Å²) in [4.78, 5) is 4.18. The Hall–Kier alpha value is -1.81. The minimum atomic E-state index is 0.0557. The molecule has 0 spiro atoms. The van der Waals surface area contributed by atoms with E-state index >= 15 is 0 Å². The van der Waals surface area contributed by atoms with E-state index in [0.717, 1.165) is 17.9 Å². The standard InChI is InChI=1S/C15H19N3O/c1-10-4-5-14-11(6-10)12(16-2)7-15(19-14)13-8-17-9-18(13)3/h4-6,8-9,12,15-16H,7H2,1-3H3. The van der Waals surface area contributed by atoms with Crippen LogP contribution in [0.15, 0.2) is 30.7 Å². The molecule has 2 unspecified atom stereocenters. The average molecular weight is 257 g/mol. The van der Waals surface area contributed by atoms with E-state index in [4.69, 9.17) is 4.74 Å². The van der Waals surface area contributed by atoms with Crippen molar-refractivity contribution in [3.8, 4) is 5.75 Å². The predicted octanol–water partition coefficient (Wildman–Crippen LogP) is 2.51. The SMILES string of the molecule is CNC1CC(c2cncn2C)Oc2ccc(C)cc21. The fourth-order valence-electron chi connectivity index (χ4n) is 2.72. The zero-order valence-electron chi connectivity index (χ0n) is 11.6. The van der Waals surface area contributed by atoms with Gasteiger partial charge in [-0.1, -0.05) is 17.7 Å². The quantitative estimate of drug-likeness (QED) is 0.898. The first-order valence-corrected chi connectivity index (χ1v) is 6.59. The lowest BCUT2D eigenvalue weighted by Gasteiger charge is -2.32. The molecule has 4 heteroatoms. The Balaban J connectivity index is 1.98. The van der Waals surface area contributed by atoms with Gasteiger partial charge < -0.3 is 14.6 Å². The Morgan fingerprint density at radius 1 is 1.42 bits per heavy atom. The molecule has 0 bridgehead atoms. The maximum absolute atomic E-state index is 6.14. The van der Waals surface area contributed by atoms with E-state index in [9.17, 15) is 0 Å². The van der Waals surface area contributed by atoms with Gasteiger partial charge in [-0.05, 0) is 20.0 Å². The second kappa shape index (κ2) is 4.70. The van der Waals surface area contributed by atoms with Crippen LogP contribution in [-0.4, -0.2) is 16.6 Å². The van der Waals surface area contributed by atoms with Crippen LogP contribution in [-0.2, 0) is 7.05 Å². The number of fused-ring (bicyclic) bond motifs is 1. The molecule has 1 aromatic carbocycles. The molecule has 0 saturated carbocycles. The van der Waals surface area contributed by atoms with Crippen LogP contribution in [0.4, 0.5) is 0 Å². The van der Waals surface area contributed by atoms with Crippen molar-refractivity contribution in [1.29, 1.82) is 0 Å². The number of hydrogen-bond acceptors (Lipinski definition) is 3. The Morgan fingerprint density at radius 3 is 2.95 bits per heavy atom. The number of aryl methyl sites for hydroxylation is 2. The van der Waals surface area contributed by atoms with Gasteiger partial charge in [0, 0.05) is 25.1 Å². The van der Waals surface area contributed by atoms with Gasteiger partial charge in [-0.15, -0.1) is 0 Å². The third-order valence-corrected chi connectivity index (χ3v) is 3.79. The highest BCUT2D eigenvalue weighted by Crippen LogP contribution is 2.40. The van der Waals surface area contributed by atoms with Gasteiger partial charge in [0.05, 0.1) is 18.2 Å². The van der Waals surface area contributed by atoms with Gasteiger partial charge in [-0.25, -0.2) is 4.98 Å². The van der Waals surface area contributed by atoms with E-state index in [1.54, 1.807) is 0 Å². The summed E-state index contributed by atoms with van der Waals surface area (Å²) < 4.78 is 8.17. The van der Waals surface area contributed by atoms with E-state index in [0.29, 0.717) is 6.04 Å². The molecule has 1 aliphatic rings. The second-order valence-corrected chi connectivity index (χ2v) is 5.15. The van der Waals surface area contributed by atoms with Gasteiger partial charge in [0.25, 0.3) is 0 Å². The Morgan fingerprint density at radius 2 is 2.26 bits per heavy atom. The van der Waals surface area contributed by atoms with Crippen molar-refractivity contribution in [2.24, 2.45) is 7.05 Å². The number of aromatic nitrogens is 2. The summed E-state index contributed by atoms with van der Waals surface area (Å²) in [7, 11) is 4.01. The molecule has 0 radical (unpaired) electrons. The van der Waals surface area contributed by atoms with Crippen LogP contribution < -0.4 is 10.1 Å². The van der Waals surface area contributed by atoms with Crippen LogP contribution in [0, 0.1) is 6.92 Å². The Bertz CT molecular complexity index is 591. The molecule has 0 amide bonds. The van der Waals surface area contributed by atoms with Crippen LogP contribution in [0.1, 0.15) is 35.4 Å². The lowest BCUT2D eigenvalue weighted by atomic mass is 9.94. The summed E-state index contributed by atoms with van der Waals surface area (Å²) in [5.74, 6) is 0.974. The molecule has 4 nitrogen and oxygen atoms in total. The molecular weight excluding hydrogens is 238 g/mol. The van der Waals surface area contributed by atoms with Crippen LogP contribution in [0.5, 0.6) is 5.75 Å². The topological polar surface area (TPSA) is 39.1 Å². The van der Waals surface area contributed by atoms with Crippen molar-refractivity contribution < 1.29 is 4.74 Å². The second-order valence-electron chi connectivity index (χ2n) is 5.15. The molecule has 2 atom stereocenters. The molecule has 100 valence electrons. The zero-order valence-corrected chi connectivity index (χ0v) is 11.6. The van der Waals surface area contributed by atoms with Gasteiger partial charge >= 0.3 is 0 Å². The molecule has 1 N–H and O–H groups in total.